The molecule has 4 nitrogen and oxygen atoms in total. The smallest absolute Gasteiger partial charge is 0.221 e. The molecule has 1 amide bonds. The zero-order valence-corrected chi connectivity index (χ0v) is 9.73. The Bertz CT molecular complexity index is 288. The van der Waals surface area contributed by atoms with Gasteiger partial charge in [0, 0.05) is 24.5 Å². The average molecular weight is 229 g/mol. The first kappa shape index (κ1) is 12.2. The third-order valence-corrected chi connectivity index (χ3v) is 3.44. The standard InChI is InChI=1S/C10H15NO3S/c1-6(2)10(14)15-5-7-8(12)3-4-9(13)11-7/h6-7H,3-5H2,1-2H3,(H,11,13). The van der Waals surface area contributed by atoms with E-state index in [0.717, 1.165) is 11.8 Å². The Morgan fingerprint density at radius 1 is 1.47 bits per heavy atom. The predicted octanol–water partition coefficient (Wildman–Crippen LogP) is 0.750. The molecule has 1 rings (SSSR count). The molecule has 15 heavy (non-hydrogen) atoms. The van der Waals surface area contributed by atoms with E-state index in [1.807, 2.05) is 13.8 Å². The lowest BCUT2D eigenvalue weighted by Gasteiger charge is -2.21. The third kappa shape index (κ3) is 3.66. The molecular formula is C10H15NO3S. The zero-order chi connectivity index (χ0) is 11.4. The minimum Gasteiger partial charge on any atom is -0.345 e. The van der Waals surface area contributed by atoms with E-state index in [1.165, 1.54) is 0 Å². The summed E-state index contributed by atoms with van der Waals surface area (Å²) in [5, 5.41) is 2.66. The van der Waals surface area contributed by atoms with Gasteiger partial charge in [0.15, 0.2) is 10.9 Å². The normalized spacial score (nSPS) is 21.7. The van der Waals surface area contributed by atoms with Crippen molar-refractivity contribution in [2.45, 2.75) is 32.7 Å². The highest BCUT2D eigenvalue weighted by Gasteiger charge is 2.26. The number of amides is 1. The van der Waals surface area contributed by atoms with Crippen LogP contribution in [0.3, 0.4) is 0 Å². The van der Waals surface area contributed by atoms with E-state index in [1.54, 1.807) is 0 Å². The van der Waals surface area contributed by atoms with Crippen molar-refractivity contribution < 1.29 is 14.4 Å². The molecule has 0 saturated carbocycles. The monoisotopic (exact) mass is 229 g/mol. The molecule has 0 aromatic heterocycles. The van der Waals surface area contributed by atoms with Crippen molar-refractivity contribution in [2.24, 2.45) is 5.92 Å². The lowest BCUT2D eigenvalue weighted by atomic mass is 10.0. The molecule has 1 atom stereocenters. The molecular weight excluding hydrogens is 214 g/mol. The van der Waals surface area contributed by atoms with Crippen molar-refractivity contribution in [3.05, 3.63) is 0 Å². The van der Waals surface area contributed by atoms with E-state index in [2.05, 4.69) is 5.32 Å². The highest BCUT2D eigenvalue weighted by atomic mass is 32.2. The molecule has 1 N–H and O–H groups in total. The maximum atomic E-state index is 11.4. The summed E-state index contributed by atoms with van der Waals surface area (Å²) in [6, 6.07) is -0.473. The first-order valence-corrected chi connectivity index (χ1v) is 5.98. The number of hydrogen-bond acceptors (Lipinski definition) is 4. The Balaban J connectivity index is 2.40. The number of piperidine rings is 1. The van der Waals surface area contributed by atoms with E-state index in [9.17, 15) is 14.4 Å². The molecule has 0 aliphatic carbocycles. The summed E-state index contributed by atoms with van der Waals surface area (Å²) in [6.45, 7) is 3.63. The van der Waals surface area contributed by atoms with Crippen molar-refractivity contribution in [2.75, 3.05) is 5.75 Å². The van der Waals surface area contributed by atoms with Crippen LogP contribution in [0.1, 0.15) is 26.7 Å². The van der Waals surface area contributed by atoms with Crippen LogP contribution < -0.4 is 5.32 Å². The summed E-state index contributed by atoms with van der Waals surface area (Å²) >= 11 is 1.12. The fraction of sp³-hybridized carbons (Fsp3) is 0.700. The minimum absolute atomic E-state index is 0.0265. The molecule has 1 fully saturated rings. The fourth-order valence-electron chi connectivity index (χ4n) is 1.22. The van der Waals surface area contributed by atoms with E-state index >= 15 is 0 Å². The second-order valence-corrected chi connectivity index (χ2v) is 4.90. The van der Waals surface area contributed by atoms with E-state index < -0.39 is 6.04 Å². The van der Waals surface area contributed by atoms with Crippen LogP contribution in [0.2, 0.25) is 0 Å². The maximum Gasteiger partial charge on any atom is 0.221 e. The molecule has 1 heterocycles. The van der Waals surface area contributed by atoms with Crippen molar-refractivity contribution in [1.29, 1.82) is 0 Å². The zero-order valence-electron chi connectivity index (χ0n) is 8.91. The topological polar surface area (TPSA) is 63.2 Å². The van der Waals surface area contributed by atoms with Gasteiger partial charge in [-0.25, -0.2) is 0 Å². The van der Waals surface area contributed by atoms with Crippen LogP contribution in [-0.2, 0) is 14.4 Å². The van der Waals surface area contributed by atoms with Gasteiger partial charge in [0.2, 0.25) is 5.91 Å². The van der Waals surface area contributed by atoms with Crippen molar-refractivity contribution in [1.82, 2.24) is 5.32 Å². The van der Waals surface area contributed by atoms with Crippen molar-refractivity contribution in [3.8, 4) is 0 Å². The molecule has 0 radical (unpaired) electrons. The summed E-state index contributed by atoms with van der Waals surface area (Å²) in [7, 11) is 0. The van der Waals surface area contributed by atoms with Gasteiger partial charge in [0.05, 0.1) is 6.04 Å². The summed E-state index contributed by atoms with van der Waals surface area (Å²) in [5.41, 5.74) is 0. The van der Waals surface area contributed by atoms with Gasteiger partial charge in [-0.2, -0.15) is 0 Å². The Morgan fingerprint density at radius 3 is 2.73 bits per heavy atom. The molecule has 0 bridgehead atoms. The summed E-state index contributed by atoms with van der Waals surface area (Å²) in [4.78, 5) is 33.7. The molecule has 0 aromatic rings. The molecule has 0 spiro atoms. The van der Waals surface area contributed by atoms with Gasteiger partial charge in [0.1, 0.15) is 0 Å². The molecule has 5 heteroatoms. The average Bonchev–Trinajstić information content (AvgIpc) is 2.18. The molecule has 1 unspecified atom stereocenters. The first-order chi connectivity index (χ1) is 7.00. The molecule has 0 aromatic carbocycles. The largest absolute Gasteiger partial charge is 0.345 e. The number of rotatable bonds is 3. The third-order valence-electron chi connectivity index (χ3n) is 2.19. The number of nitrogens with one attached hydrogen (secondary N) is 1. The van der Waals surface area contributed by atoms with Crippen molar-refractivity contribution in [3.63, 3.8) is 0 Å². The maximum absolute atomic E-state index is 11.4. The number of carbonyl (C=O) groups is 3. The summed E-state index contributed by atoms with van der Waals surface area (Å²) in [6.07, 6.45) is 0.574. The first-order valence-electron chi connectivity index (χ1n) is 4.99. The van der Waals surface area contributed by atoms with Crippen LogP contribution >= 0.6 is 11.8 Å². The van der Waals surface area contributed by atoms with Crippen molar-refractivity contribution >= 4 is 28.6 Å². The number of ketones is 1. The molecule has 1 aliphatic heterocycles. The summed E-state index contributed by atoms with van der Waals surface area (Å²) < 4.78 is 0. The quantitative estimate of drug-likeness (QED) is 0.775. The van der Waals surface area contributed by atoms with Crippen LogP contribution in [0.5, 0.6) is 0 Å². The van der Waals surface area contributed by atoms with Crippen LogP contribution in [-0.4, -0.2) is 28.6 Å². The Labute approximate surface area is 93.2 Å². The van der Waals surface area contributed by atoms with Crippen LogP contribution in [0, 0.1) is 5.92 Å². The number of hydrogen-bond donors (Lipinski definition) is 1. The Morgan fingerprint density at radius 2 is 2.13 bits per heavy atom. The second kappa shape index (κ2) is 5.30. The number of carbonyl (C=O) groups excluding carboxylic acids is 3. The number of thioether (sulfide) groups is 1. The van der Waals surface area contributed by atoms with Gasteiger partial charge < -0.3 is 5.32 Å². The van der Waals surface area contributed by atoms with E-state index in [-0.39, 0.29) is 29.1 Å². The summed E-state index contributed by atoms with van der Waals surface area (Å²) in [5.74, 6) is 0.252. The highest BCUT2D eigenvalue weighted by Crippen LogP contribution is 2.15. The van der Waals surface area contributed by atoms with Gasteiger partial charge in [-0.3, -0.25) is 14.4 Å². The van der Waals surface area contributed by atoms with Gasteiger partial charge in [-0.05, 0) is 0 Å². The highest BCUT2D eigenvalue weighted by molar-refractivity contribution is 8.13. The lowest BCUT2D eigenvalue weighted by Crippen LogP contribution is -2.47. The van der Waals surface area contributed by atoms with Crippen LogP contribution in [0.15, 0.2) is 0 Å². The second-order valence-electron chi connectivity index (χ2n) is 3.87. The molecule has 84 valence electrons. The van der Waals surface area contributed by atoms with Gasteiger partial charge in [-0.1, -0.05) is 25.6 Å². The van der Waals surface area contributed by atoms with Gasteiger partial charge in [0.25, 0.3) is 0 Å². The number of Topliss-reactive ketones (excluding diaryl/α,β-unsaturated/α-hetero) is 1. The van der Waals surface area contributed by atoms with Gasteiger partial charge in [-0.15, -0.1) is 0 Å². The SMILES string of the molecule is CC(C)C(=O)SCC1NC(=O)CCC1=O. The molecule has 1 aliphatic rings. The lowest BCUT2D eigenvalue weighted by molar-refractivity contribution is -0.132. The van der Waals surface area contributed by atoms with E-state index in [0.29, 0.717) is 12.2 Å². The Hall–Kier alpha value is -0.840. The minimum atomic E-state index is -0.473. The Kier molecular flexibility index (Phi) is 4.32. The van der Waals surface area contributed by atoms with Gasteiger partial charge >= 0.3 is 0 Å². The van der Waals surface area contributed by atoms with Crippen LogP contribution in [0.4, 0.5) is 0 Å². The fourth-order valence-corrected chi connectivity index (χ4v) is 2.16. The molecule has 1 saturated heterocycles. The van der Waals surface area contributed by atoms with Crippen LogP contribution in [0.25, 0.3) is 0 Å². The van der Waals surface area contributed by atoms with E-state index in [4.69, 9.17) is 0 Å². The predicted molar refractivity (Wildman–Crippen MR) is 58.5 cm³/mol.